The Morgan fingerprint density at radius 2 is 1.92 bits per heavy atom. The highest BCUT2D eigenvalue weighted by Gasteiger charge is 2.09. The first-order valence-electron chi connectivity index (χ1n) is 7.64. The van der Waals surface area contributed by atoms with Gasteiger partial charge in [0.25, 0.3) is 0 Å². The lowest BCUT2D eigenvalue weighted by molar-refractivity contribution is 0.304. The van der Waals surface area contributed by atoms with Crippen LogP contribution in [0.1, 0.15) is 5.69 Å². The Morgan fingerprint density at radius 1 is 1.04 bits per heavy atom. The van der Waals surface area contributed by atoms with E-state index in [9.17, 15) is 8.78 Å². The average Bonchev–Trinajstić information content (AvgIpc) is 3.11. The summed E-state index contributed by atoms with van der Waals surface area (Å²) in [6, 6.07) is 10.6. The fourth-order valence-electron chi connectivity index (χ4n) is 2.49. The number of fused-ring (bicyclic) bond motifs is 1. The fourth-order valence-corrected chi connectivity index (χ4v) is 2.66. The van der Waals surface area contributed by atoms with E-state index in [1.165, 1.54) is 10.7 Å². The molecule has 0 spiro atoms. The van der Waals surface area contributed by atoms with E-state index >= 15 is 0 Å². The molecule has 0 N–H and O–H groups in total. The molecule has 0 aliphatic rings. The monoisotopic (exact) mass is 372 g/mol. The summed E-state index contributed by atoms with van der Waals surface area (Å²) in [5.41, 5.74) is 1.63. The van der Waals surface area contributed by atoms with Crippen molar-refractivity contribution in [2.75, 3.05) is 0 Å². The second kappa shape index (κ2) is 6.68. The Bertz CT molecular complexity index is 1100. The minimum atomic E-state index is -0.947. The third-order valence-corrected chi connectivity index (χ3v) is 3.98. The Morgan fingerprint density at radius 3 is 2.77 bits per heavy atom. The van der Waals surface area contributed by atoms with Crippen molar-refractivity contribution in [1.29, 1.82) is 0 Å². The van der Waals surface area contributed by atoms with Crippen molar-refractivity contribution in [2.45, 2.75) is 6.61 Å². The fraction of sp³-hybridized carbons (Fsp3) is 0.0556. The lowest BCUT2D eigenvalue weighted by Gasteiger charge is -2.07. The molecule has 4 rings (SSSR count). The first-order chi connectivity index (χ1) is 12.6. The second-order valence-corrected chi connectivity index (χ2v) is 5.95. The van der Waals surface area contributed by atoms with Crippen LogP contribution in [0.3, 0.4) is 0 Å². The first-order valence-corrected chi connectivity index (χ1v) is 8.02. The van der Waals surface area contributed by atoms with Crippen molar-refractivity contribution >= 4 is 22.5 Å². The Kier molecular flexibility index (Phi) is 4.22. The molecule has 0 aliphatic heterocycles. The van der Waals surface area contributed by atoms with Crippen LogP contribution in [-0.4, -0.2) is 20.0 Å². The summed E-state index contributed by atoms with van der Waals surface area (Å²) in [6.07, 6.45) is 3.22. The second-order valence-electron chi connectivity index (χ2n) is 5.51. The van der Waals surface area contributed by atoms with Crippen LogP contribution in [0, 0.1) is 11.6 Å². The standard InChI is InChI=1S/C18H11ClF2N4O/c19-11-1-3-14-17(7-11)22-6-5-18(14)26-10-12-9-25(24-23-12)13-2-4-15(20)16(21)8-13/h1-9H,10H2. The van der Waals surface area contributed by atoms with Crippen LogP contribution < -0.4 is 4.74 Å². The van der Waals surface area contributed by atoms with Gasteiger partial charge >= 0.3 is 0 Å². The Hall–Kier alpha value is -3.06. The van der Waals surface area contributed by atoms with Crippen molar-refractivity contribution in [3.63, 3.8) is 0 Å². The molecule has 0 saturated carbocycles. The quantitative estimate of drug-likeness (QED) is 0.535. The zero-order chi connectivity index (χ0) is 18.1. The van der Waals surface area contributed by atoms with Gasteiger partial charge in [-0.2, -0.15) is 0 Å². The number of halogens is 3. The molecule has 0 radical (unpaired) electrons. The minimum Gasteiger partial charge on any atom is -0.486 e. The van der Waals surface area contributed by atoms with Crippen LogP contribution in [0.25, 0.3) is 16.6 Å². The van der Waals surface area contributed by atoms with Crippen LogP contribution in [0.5, 0.6) is 5.75 Å². The molecule has 2 aromatic heterocycles. The van der Waals surface area contributed by atoms with Gasteiger partial charge in [-0.15, -0.1) is 5.10 Å². The van der Waals surface area contributed by atoms with Gasteiger partial charge in [-0.05, 0) is 36.4 Å². The number of hydrogen-bond acceptors (Lipinski definition) is 4. The number of nitrogens with zero attached hydrogens (tertiary/aromatic N) is 4. The zero-order valence-electron chi connectivity index (χ0n) is 13.2. The van der Waals surface area contributed by atoms with Gasteiger partial charge in [-0.25, -0.2) is 13.5 Å². The summed E-state index contributed by atoms with van der Waals surface area (Å²) in [4.78, 5) is 4.25. The molecule has 0 bridgehead atoms. The van der Waals surface area contributed by atoms with E-state index in [4.69, 9.17) is 16.3 Å². The number of rotatable bonds is 4. The van der Waals surface area contributed by atoms with Crippen LogP contribution in [-0.2, 0) is 6.61 Å². The van der Waals surface area contributed by atoms with Crippen molar-refractivity contribution in [3.05, 3.63) is 77.2 Å². The molecule has 26 heavy (non-hydrogen) atoms. The summed E-state index contributed by atoms with van der Waals surface area (Å²) in [5, 5.41) is 9.32. The predicted octanol–water partition coefficient (Wildman–Crippen LogP) is 4.33. The highest BCUT2D eigenvalue weighted by atomic mass is 35.5. The van der Waals surface area contributed by atoms with Gasteiger partial charge in [0.05, 0.1) is 17.4 Å². The van der Waals surface area contributed by atoms with Crippen LogP contribution in [0.15, 0.2) is 54.9 Å². The van der Waals surface area contributed by atoms with E-state index in [2.05, 4.69) is 15.3 Å². The van der Waals surface area contributed by atoms with E-state index in [0.717, 1.165) is 23.0 Å². The molecule has 4 aromatic rings. The average molecular weight is 373 g/mol. The topological polar surface area (TPSA) is 52.8 Å². The van der Waals surface area contributed by atoms with Crippen molar-refractivity contribution in [2.24, 2.45) is 0 Å². The molecule has 8 heteroatoms. The van der Waals surface area contributed by atoms with Crippen molar-refractivity contribution < 1.29 is 13.5 Å². The number of aromatic nitrogens is 4. The zero-order valence-corrected chi connectivity index (χ0v) is 14.0. The van der Waals surface area contributed by atoms with E-state index in [0.29, 0.717) is 22.2 Å². The van der Waals surface area contributed by atoms with Crippen LogP contribution >= 0.6 is 11.6 Å². The predicted molar refractivity (Wildman–Crippen MR) is 92.4 cm³/mol. The summed E-state index contributed by atoms with van der Waals surface area (Å²) in [6.45, 7) is 0.158. The van der Waals surface area contributed by atoms with E-state index in [-0.39, 0.29) is 6.61 Å². The van der Waals surface area contributed by atoms with Gasteiger partial charge in [-0.1, -0.05) is 16.8 Å². The largest absolute Gasteiger partial charge is 0.486 e. The SMILES string of the molecule is Fc1ccc(-n2cc(COc3ccnc4cc(Cl)ccc34)nn2)cc1F. The third-order valence-electron chi connectivity index (χ3n) is 3.75. The number of ether oxygens (including phenoxy) is 1. The molecule has 5 nitrogen and oxygen atoms in total. The number of hydrogen-bond donors (Lipinski definition) is 0. The third kappa shape index (κ3) is 3.21. The maximum absolute atomic E-state index is 13.3. The minimum absolute atomic E-state index is 0.158. The van der Waals surface area contributed by atoms with Gasteiger partial charge in [0.15, 0.2) is 11.6 Å². The Balaban J connectivity index is 1.54. The van der Waals surface area contributed by atoms with Crippen LogP contribution in [0.4, 0.5) is 8.78 Å². The van der Waals surface area contributed by atoms with Gasteiger partial charge in [0.2, 0.25) is 0 Å². The van der Waals surface area contributed by atoms with Gasteiger partial charge < -0.3 is 4.74 Å². The summed E-state index contributed by atoms with van der Waals surface area (Å²) >= 11 is 5.97. The first kappa shape index (κ1) is 16.4. The smallest absolute Gasteiger partial charge is 0.160 e. The van der Waals surface area contributed by atoms with Crippen molar-refractivity contribution in [1.82, 2.24) is 20.0 Å². The molecule has 2 aromatic carbocycles. The van der Waals surface area contributed by atoms with E-state index in [1.807, 2.05) is 6.07 Å². The molecule has 0 aliphatic carbocycles. The summed E-state index contributed by atoms with van der Waals surface area (Å²) in [5.74, 6) is -1.23. The molecule has 0 unspecified atom stereocenters. The van der Waals surface area contributed by atoms with E-state index in [1.54, 1.807) is 30.6 Å². The number of pyridine rings is 1. The Labute approximate surface area is 151 Å². The highest BCUT2D eigenvalue weighted by molar-refractivity contribution is 6.31. The molecular formula is C18H11ClF2N4O. The lowest BCUT2D eigenvalue weighted by atomic mass is 10.2. The molecule has 2 heterocycles. The van der Waals surface area contributed by atoms with E-state index < -0.39 is 11.6 Å². The van der Waals surface area contributed by atoms with Crippen molar-refractivity contribution in [3.8, 4) is 11.4 Å². The summed E-state index contributed by atoms with van der Waals surface area (Å²) < 4.78 is 33.5. The van der Waals surface area contributed by atoms with Gasteiger partial charge in [0, 0.05) is 22.7 Å². The van der Waals surface area contributed by atoms with Gasteiger partial charge in [-0.3, -0.25) is 4.98 Å². The molecule has 130 valence electrons. The summed E-state index contributed by atoms with van der Waals surface area (Å²) in [7, 11) is 0. The maximum Gasteiger partial charge on any atom is 0.160 e. The lowest BCUT2D eigenvalue weighted by Crippen LogP contribution is -1.97. The molecular weight excluding hydrogens is 362 g/mol. The molecule has 0 amide bonds. The highest BCUT2D eigenvalue weighted by Crippen LogP contribution is 2.26. The molecule has 0 atom stereocenters. The maximum atomic E-state index is 13.3. The normalized spacial score (nSPS) is 11.0. The van der Waals surface area contributed by atoms with Crippen LogP contribution in [0.2, 0.25) is 5.02 Å². The number of benzene rings is 2. The molecule has 0 fully saturated rings. The molecule has 0 saturated heterocycles. The van der Waals surface area contributed by atoms with Gasteiger partial charge in [0.1, 0.15) is 18.1 Å².